The van der Waals surface area contributed by atoms with Gasteiger partial charge in [-0.2, -0.15) is 0 Å². The minimum absolute atomic E-state index is 0.132. The summed E-state index contributed by atoms with van der Waals surface area (Å²) in [4.78, 5) is 14.9. The van der Waals surface area contributed by atoms with Crippen LogP contribution in [0.4, 0.5) is 0 Å². The molecule has 1 aliphatic carbocycles. The summed E-state index contributed by atoms with van der Waals surface area (Å²) in [5.74, 6) is 0.987. The van der Waals surface area contributed by atoms with E-state index in [0.717, 1.165) is 25.3 Å². The van der Waals surface area contributed by atoms with Crippen molar-refractivity contribution in [3.05, 3.63) is 77.9 Å². The number of carbonyl (C=O) groups excluding carboxylic acids is 1. The van der Waals surface area contributed by atoms with E-state index in [-0.39, 0.29) is 5.91 Å². The van der Waals surface area contributed by atoms with E-state index in [4.69, 9.17) is 4.74 Å². The van der Waals surface area contributed by atoms with Crippen molar-refractivity contribution in [2.75, 3.05) is 20.2 Å². The van der Waals surface area contributed by atoms with Gasteiger partial charge in [-0.25, -0.2) is 0 Å². The molecule has 4 heteroatoms. The van der Waals surface area contributed by atoms with Crippen molar-refractivity contribution < 1.29 is 9.53 Å². The smallest absolute Gasteiger partial charge is 0.221 e. The number of methoxy groups -OCH3 is 1. The third-order valence-corrected chi connectivity index (χ3v) is 5.84. The van der Waals surface area contributed by atoms with Crippen molar-refractivity contribution in [2.45, 2.75) is 38.3 Å². The zero-order chi connectivity index (χ0) is 20.8. The first-order valence-electron chi connectivity index (χ1n) is 10.8. The highest BCUT2D eigenvalue weighted by molar-refractivity contribution is 5.85. The lowest BCUT2D eigenvalue weighted by Gasteiger charge is -2.22. The van der Waals surface area contributed by atoms with Gasteiger partial charge in [-0.15, -0.1) is 0 Å². The maximum atomic E-state index is 12.4. The molecule has 0 heterocycles. The Morgan fingerprint density at radius 1 is 1.03 bits per heavy atom. The molecule has 1 N–H and O–H groups in total. The van der Waals surface area contributed by atoms with Gasteiger partial charge in [0, 0.05) is 32.1 Å². The van der Waals surface area contributed by atoms with Crippen LogP contribution in [-0.4, -0.2) is 37.0 Å². The minimum Gasteiger partial charge on any atom is -0.497 e. The predicted molar refractivity (Wildman–Crippen MR) is 122 cm³/mol. The van der Waals surface area contributed by atoms with Gasteiger partial charge in [-0.1, -0.05) is 54.6 Å². The Morgan fingerprint density at radius 3 is 2.57 bits per heavy atom. The number of nitrogens with zero attached hydrogens (tertiary/aromatic N) is 1. The molecule has 0 bridgehead atoms. The molecule has 156 valence electrons. The molecule has 0 spiro atoms. The van der Waals surface area contributed by atoms with Gasteiger partial charge in [0.15, 0.2) is 0 Å². The number of fused-ring (bicyclic) bond motifs is 1. The van der Waals surface area contributed by atoms with Crippen molar-refractivity contribution >= 4 is 16.7 Å². The summed E-state index contributed by atoms with van der Waals surface area (Å²) in [6.07, 6.45) is 3.86. The molecular weight excluding hydrogens is 372 g/mol. The standard InChI is InChI=1S/C26H30N2O2/c1-30-24-13-9-20(10-14-24)15-17-27-26(29)16-18-28(23-11-12-23)19-22-7-4-6-21-5-2-3-8-25(21)22/h2-10,13-14,23H,11-12,15-19H2,1H3,(H,27,29). The van der Waals surface area contributed by atoms with Gasteiger partial charge < -0.3 is 10.1 Å². The molecule has 1 fully saturated rings. The van der Waals surface area contributed by atoms with E-state index in [9.17, 15) is 4.79 Å². The highest BCUT2D eigenvalue weighted by atomic mass is 16.5. The Kier molecular flexibility index (Phi) is 6.65. The van der Waals surface area contributed by atoms with E-state index in [2.05, 4.69) is 52.7 Å². The fraction of sp³-hybridized carbons (Fsp3) is 0.346. The molecule has 0 saturated heterocycles. The van der Waals surface area contributed by atoms with E-state index in [1.165, 1.54) is 34.7 Å². The quantitative estimate of drug-likeness (QED) is 0.540. The van der Waals surface area contributed by atoms with Gasteiger partial charge in [0.25, 0.3) is 0 Å². The first kappa shape index (κ1) is 20.4. The Balaban J connectivity index is 1.27. The Morgan fingerprint density at radius 2 is 1.80 bits per heavy atom. The van der Waals surface area contributed by atoms with Gasteiger partial charge in [0.1, 0.15) is 5.75 Å². The van der Waals surface area contributed by atoms with Crippen LogP contribution in [0, 0.1) is 0 Å². The number of benzene rings is 3. The highest BCUT2D eigenvalue weighted by Gasteiger charge is 2.29. The van der Waals surface area contributed by atoms with Crippen LogP contribution in [-0.2, 0) is 17.8 Å². The lowest BCUT2D eigenvalue weighted by molar-refractivity contribution is -0.121. The number of hydrogen-bond acceptors (Lipinski definition) is 3. The Labute approximate surface area is 178 Å². The van der Waals surface area contributed by atoms with Crippen LogP contribution in [0.15, 0.2) is 66.7 Å². The molecule has 0 aliphatic heterocycles. The maximum Gasteiger partial charge on any atom is 0.221 e. The molecule has 4 rings (SSSR count). The summed E-state index contributed by atoms with van der Waals surface area (Å²) in [7, 11) is 1.67. The summed E-state index contributed by atoms with van der Waals surface area (Å²) >= 11 is 0. The van der Waals surface area contributed by atoms with E-state index < -0.39 is 0 Å². The maximum absolute atomic E-state index is 12.4. The minimum atomic E-state index is 0.132. The molecule has 0 atom stereocenters. The SMILES string of the molecule is COc1ccc(CCNC(=O)CCN(Cc2cccc3ccccc23)C2CC2)cc1. The van der Waals surface area contributed by atoms with Crippen LogP contribution >= 0.6 is 0 Å². The summed E-state index contributed by atoms with van der Waals surface area (Å²) in [6.45, 7) is 2.38. The molecule has 1 amide bonds. The van der Waals surface area contributed by atoms with Crippen molar-refractivity contribution in [3.8, 4) is 5.75 Å². The molecular formula is C26H30N2O2. The summed E-state index contributed by atoms with van der Waals surface area (Å²) in [6, 6.07) is 23.7. The zero-order valence-electron chi connectivity index (χ0n) is 17.6. The number of amides is 1. The molecule has 3 aromatic rings. The van der Waals surface area contributed by atoms with Gasteiger partial charge in [-0.05, 0) is 53.3 Å². The largest absolute Gasteiger partial charge is 0.497 e. The topological polar surface area (TPSA) is 41.6 Å². The van der Waals surface area contributed by atoms with Crippen LogP contribution in [0.3, 0.4) is 0 Å². The number of ether oxygens (including phenoxy) is 1. The summed E-state index contributed by atoms with van der Waals surface area (Å²) in [5, 5.41) is 5.67. The van der Waals surface area contributed by atoms with Crippen molar-refractivity contribution in [2.24, 2.45) is 0 Å². The van der Waals surface area contributed by atoms with Crippen molar-refractivity contribution in [1.82, 2.24) is 10.2 Å². The van der Waals surface area contributed by atoms with Crippen molar-refractivity contribution in [1.29, 1.82) is 0 Å². The van der Waals surface area contributed by atoms with E-state index in [1.54, 1.807) is 7.11 Å². The van der Waals surface area contributed by atoms with Crippen LogP contribution < -0.4 is 10.1 Å². The van der Waals surface area contributed by atoms with Crippen molar-refractivity contribution in [3.63, 3.8) is 0 Å². The number of rotatable bonds is 10. The second-order valence-electron chi connectivity index (χ2n) is 8.04. The molecule has 0 unspecified atom stereocenters. The van der Waals surface area contributed by atoms with E-state index in [1.807, 2.05) is 24.3 Å². The van der Waals surface area contributed by atoms with Gasteiger partial charge in [-0.3, -0.25) is 9.69 Å². The molecule has 1 aliphatic rings. The number of hydrogen-bond donors (Lipinski definition) is 1. The third-order valence-electron chi connectivity index (χ3n) is 5.84. The molecule has 3 aromatic carbocycles. The fourth-order valence-electron chi connectivity index (χ4n) is 3.95. The molecule has 0 aromatic heterocycles. The number of nitrogens with one attached hydrogen (secondary N) is 1. The predicted octanol–water partition coefficient (Wildman–Crippen LogP) is 4.56. The van der Waals surface area contributed by atoms with Crippen LogP contribution in [0.2, 0.25) is 0 Å². The normalized spacial score (nSPS) is 13.5. The lowest BCUT2D eigenvalue weighted by Crippen LogP contribution is -2.32. The monoisotopic (exact) mass is 402 g/mol. The van der Waals surface area contributed by atoms with Gasteiger partial charge in [0.2, 0.25) is 5.91 Å². The Bertz CT molecular complexity index is 974. The second kappa shape index (κ2) is 9.77. The lowest BCUT2D eigenvalue weighted by atomic mass is 10.0. The van der Waals surface area contributed by atoms with Crippen LogP contribution in [0.5, 0.6) is 5.75 Å². The van der Waals surface area contributed by atoms with Gasteiger partial charge in [0.05, 0.1) is 7.11 Å². The average Bonchev–Trinajstić information content (AvgIpc) is 3.62. The highest BCUT2D eigenvalue weighted by Crippen LogP contribution is 2.30. The molecule has 4 nitrogen and oxygen atoms in total. The first-order valence-corrected chi connectivity index (χ1v) is 10.8. The fourth-order valence-corrected chi connectivity index (χ4v) is 3.95. The van der Waals surface area contributed by atoms with Crippen LogP contribution in [0.25, 0.3) is 10.8 Å². The second-order valence-corrected chi connectivity index (χ2v) is 8.04. The molecule has 0 radical (unpaired) electrons. The first-order chi connectivity index (χ1) is 14.7. The molecule has 30 heavy (non-hydrogen) atoms. The van der Waals surface area contributed by atoms with Crippen LogP contribution in [0.1, 0.15) is 30.4 Å². The molecule has 1 saturated carbocycles. The van der Waals surface area contributed by atoms with E-state index in [0.29, 0.717) is 19.0 Å². The van der Waals surface area contributed by atoms with Gasteiger partial charge >= 0.3 is 0 Å². The summed E-state index contributed by atoms with van der Waals surface area (Å²) in [5.41, 5.74) is 2.55. The summed E-state index contributed by atoms with van der Waals surface area (Å²) < 4.78 is 5.18. The third kappa shape index (κ3) is 5.39. The van der Waals surface area contributed by atoms with E-state index >= 15 is 0 Å². The average molecular weight is 403 g/mol. The number of carbonyl (C=O) groups is 1. The Hall–Kier alpha value is -2.85. The zero-order valence-corrected chi connectivity index (χ0v) is 17.6.